The number of anilines is 2. The molecule has 11 heteroatoms. The van der Waals surface area contributed by atoms with Gasteiger partial charge in [0.15, 0.2) is 5.65 Å². The van der Waals surface area contributed by atoms with E-state index >= 15 is 0 Å². The first-order valence-electron chi connectivity index (χ1n) is 11.0. The lowest BCUT2D eigenvalue weighted by atomic mass is 10.1. The third kappa shape index (κ3) is 4.60. The molecule has 2 aromatic carbocycles. The third-order valence-electron chi connectivity index (χ3n) is 6.04. The molecule has 35 heavy (non-hydrogen) atoms. The highest BCUT2D eigenvalue weighted by Crippen LogP contribution is 2.27. The molecule has 180 valence electrons. The zero-order valence-corrected chi connectivity index (χ0v) is 19.7. The van der Waals surface area contributed by atoms with Crippen LogP contribution in [0, 0.1) is 5.82 Å². The van der Waals surface area contributed by atoms with E-state index in [1.165, 1.54) is 24.3 Å². The topological polar surface area (TPSA) is 111 Å². The largest absolute Gasteiger partial charge is 0.369 e. The molecule has 0 radical (unpaired) electrons. The van der Waals surface area contributed by atoms with Gasteiger partial charge in [-0.3, -0.25) is 9.89 Å². The monoisotopic (exact) mass is 494 g/mol. The van der Waals surface area contributed by atoms with Gasteiger partial charge in [-0.25, -0.2) is 17.8 Å². The highest BCUT2D eigenvalue weighted by Gasteiger charge is 2.21. The molecule has 9 nitrogen and oxygen atoms in total. The number of aromatic nitrogens is 3. The molecule has 0 aliphatic carbocycles. The number of hydrogen-bond donors (Lipinski definition) is 2. The van der Waals surface area contributed by atoms with E-state index in [-0.39, 0.29) is 27.2 Å². The molecular weight excluding hydrogens is 471 g/mol. The molecule has 0 atom stereocenters. The van der Waals surface area contributed by atoms with Crippen molar-refractivity contribution in [2.45, 2.75) is 9.79 Å². The van der Waals surface area contributed by atoms with Crippen LogP contribution in [-0.2, 0) is 9.84 Å². The average molecular weight is 495 g/mol. The Morgan fingerprint density at radius 2 is 1.77 bits per heavy atom. The molecule has 5 rings (SSSR count). The number of fused-ring (bicyclic) bond motifs is 1. The van der Waals surface area contributed by atoms with E-state index in [4.69, 9.17) is 0 Å². The number of nitrogens with one attached hydrogen (secondary N) is 2. The smallest absolute Gasteiger partial charge is 0.256 e. The van der Waals surface area contributed by atoms with Crippen molar-refractivity contribution in [2.24, 2.45) is 0 Å². The van der Waals surface area contributed by atoms with Crippen LogP contribution in [-0.4, -0.2) is 67.6 Å². The number of benzene rings is 2. The van der Waals surface area contributed by atoms with Gasteiger partial charge in [0.1, 0.15) is 11.6 Å². The van der Waals surface area contributed by atoms with Crippen molar-refractivity contribution >= 4 is 38.3 Å². The standard InChI is InChI=1S/C24H23FN6O3S/c1-30-9-11-31(12-10-30)18-7-5-16(6-8-18)24(32)27-23-21-14-20(15-26-22(21)28-29-23)35(33,34)19-4-2-3-17(25)13-19/h2-8,13-15H,9-12H2,1H3,(H2,26,27,28,29,32). The lowest BCUT2D eigenvalue weighted by Gasteiger charge is -2.34. The van der Waals surface area contributed by atoms with Crippen LogP contribution in [0.25, 0.3) is 11.0 Å². The van der Waals surface area contributed by atoms with Gasteiger partial charge in [0.2, 0.25) is 9.84 Å². The molecule has 0 saturated carbocycles. The molecule has 2 aromatic heterocycles. The summed E-state index contributed by atoms with van der Waals surface area (Å²) in [4.78, 5) is 21.2. The second kappa shape index (κ2) is 9.08. The summed E-state index contributed by atoms with van der Waals surface area (Å²) in [6.07, 6.45) is 1.16. The molecule has 2 N–H and O–H groups in total. The van der Waals surface area contributed by atoms with Gasteiger partial charge in [-0.1, -0.05) is 6.07 Å². The SMILES string of the molecule is CN1CCN(c2ccc(C(=O)Nc3[nH]nc4ncc(S(=O)(=O)c5cccc(F)c5)cc34)cc2)CC1. The van der Waals surface area contributed by atoms with Crippen molar-refractivity contribution in [3.05, 3.63) is 72.2 Å². The molecule has 3 heterocycles. The van der Waals surface area contributed by atoms with Gasteiger partial charge in [0, 0.05) is 43.6 Å². The summed E-state index contributed by atoms with van der Waals surface area (Å²) in [5.74, 6) is -0.814. The molecule has 0 spiro atoms. The maximum atomic E-state index is 13.6. The zero-order valence-electron chi connectivity index (χ0n) is 18.9. The van der Waals surface area contributed by atoms with E-state index in [1.807, 2.05) is 12.1 Å². The van der Waals surface area contributed by atoms with Crippen molar-refractivity contribution in [3.8, 4) is 0 Å². The van der Waals surface area contributed by atoms with Crippen molar-refractivity contribution in [1.82, 2.24) is 20.1 Å². The molecule has 1 aliphatic rings. The number of carbonyl (C=O) groups excluding carboxylic acids is 1. The summed E-state index contributed by atoms with van der Waals surface area (Å²) in [5.41, 5.74) is 1.74. The highest BCUT2D eigenvalue weighted by molar-refractivity contribution is 7.91. The molecule has 0 unspecified atom stereocenters. The number of amides is 1. The Morgan fingerprint density at radius 3 is 2.49 bits per heavy atom. The fourth-order valence-electron chi connectivity index (χ4n) is 3.97. The Kier molecular flexibility index (Phi) is 5.95. The minimum Gasteiger partial charge on any atom is -0.369 e. The van der Waals surface area contributed by atoms with Crippen LogP contribution in [0.1, 0.15) is 10.4 Å². The molecule has 0 bridgehead atoms. The normalized spacial score (nSPS) is 14.9. The number of rotatable bonds is 5. The van der Waals surface area contributed by atoms with E-state index in [9.17, 15) is 17.6 Å². The number of nitrogens with zero attached hydrogens (tertiary/aromatic N) is 4. The number of aromatic amines is 1. The lowest BCUT2D eigenvalue weighted by molar-refractivity contribution is 0.102. The number of pyridine rings is 1. The van der Waals surface area contributed by atoms with Crippen LogP contribution in [0.5, 0.6) is 0 Å². The summed E-state index contributed by atoms with van der Waals surface area (Å²) in [5, 5.41) is 9.80. The number of piperazine rings is 1. The fraction of sp³-hybridized carbons (Fsp3) is 0.208. The van der Waals surface area contributed by atoms with Crippen LogP contribution in [0.15, 0.2) is 70.6 Å². The van der Waals surface area contributed by atoms with Gasteiger partial charge in [0.05, 0.1) is 15.2 Å². The number of H-pyrrole nitrogens is 1. The van der Waals surface area contributed by atoms with Crippen LogP contribution in [0.2, 0.25) is 0 Å². The number of sulfone groups is 1. The number of likely N-dealkylation sites (N-methyl/N-ethyl adjacent to an activating group) is 1. The van der Waals surface area contributed by atoms with E-state index in [0.29, 0.717) is 10.9 Å². The number of halogens is 1. The number of carbonyl (C=O) groups is 1. The molecule has 1 aliphatic heterocycles. The van der Waals surface area contributed by atoms with Gasteiger partial charge >= 0.3 is 0 Å². The zero-order chi connectivity index (χ0) is 24.6. The summed E-state index contributed by atoms with van der Waals surface area (Å²) < 4.78 is 39.5. The summed E-state index contributed by atoms with van der Waals surface area (Å²) in [6, 6.07) is 13.4. The van der Waals surface area contributed by atoms with Gasteiger partial charge < -0.3 is 15.1 Å². The van der Waals surface area contributed by atoms with Crippen LogP contribution in [0.4, 0.5) is 15.9 Å². The Morgan fingerprint density at radius 1 is 1.03 bits per heavy atom. The first-order chi connectivity index (χ1) is 16.8. The Hall–Kier alpha value is -3.83. The van der Waals surface area contributed by atoms with Gasteiger partial charge in [-0.05, 0) is 55.6 Å². The predicted molar refractivity (Wildman–Crippen MR) is 130 cm³/mol. The van der Waals surface area contributed by atoms with Crippen molar-refractivity contribution in [1.29, 1.82) is 0 Å². The molecule has 1 amide bonds. The van der Waals surface area contributed by atoms with Crippen molar-refractivity contribution < 1.29 is 17.6 Å². The first kappa shape index (κ1) is 22.9. The van der Waals surface area contributed by atoms with E-state index in [2.05, 4.69) is 37.3 Å². The van der Waals surface area contributed by atoms with Crippen LogP contribution < -0.4 is 10.2 Å². The maximum Gasteiger partial charge on any atom is 0.256 e. The second-order valence-corrected chi connectivity index (χ2v) is 10.3. The first-order valence-corrected chi connectivity index (χ1v) is 12.5. The minimum absolute atomic E-state index is 0.135. The molecule has 1 saturated heterocycles. The Bertz CT molecular complexity index is 1500. The quantitative estimate of drug-likeness (QED) is 0.439. The maximum absolute atomic E-state index is 13.6. The summed E-state index contributed by atoms with van der Waals surface area (Å²) >= 11 is 0. The average Bonchev–Trinajstić information content (AvgIpc) is 3.26. The van der Waals surface area contributed by atoms with Gasteiger partial charge in [-0.2, -0.15) is 5.10 Å². The predicted octanol–water partition coefficient (Wildman–Crippen LogP) is 2.93. The van der Waals surface area contributed by atoms with Gasteiger partial charge in [0.25, 0.3) is 5.91 Å². The second-order valence-electron chi connectivity index (χ2n) is 8.39. The van der Waals surface area contributed by atoms with Gasteiger partial charge in [-0.15, -0.1) is 0 Å². The highest BCUT2D eigenvalue weighted by atomic mass is 32.2. The minimum atomic E-state index is -4.01. The summed E-state index contributed by atoms with van der Waals surface area (Å²) in [6.45, 7) is 3.83. The lowest BCUT2D eigenvalue weighted by Crippen LogP contribution is -2.44. The molecular formula is C24H23FN6O3S. The third-order valence-corrected chi connectivity index (χ3v) is 7.76. The Labute approximate surface area is 201 Å². The Balaban J connectivity index is 1.37. The van der Waals surface area contributed by atoms with Crippen molar-refractivity contribution in [2.75, 3.05) is 43.4 Å². The van der Waals surface area contributed by atoms with Crippen LogP contribution >= 0.6 is 0 Å². The number of hydrogen-bond acceptors (Lipinski definition) is 7. The molecule has 1 fully saturated rings. The molecule has 4 aromatic rings. The van der Waals surface area contributed by atoms with E-state index < -0.39 is 15.7 Å². The van der Waals surface area contributed by atoms with E-state index in [0.717, 1.165) is 44.1 Å². The fourth-order valence-corrected chi connectivity index (χ4v) is 5.23. The summed E-state index contributed by atoms with van der Waals surface area (Å²) in [7, 11) is -1.92. The van der Waals surface area contributed by atoms with E-state index in [1.54, 1.807) is 12.1 Å². The van der Waals surface area contributed by atoms with Crippen molar-refractivity contribution in [3.63, 3.8) is 0 Å². The van der Waals surface area contributed by atoms with Crippen LogP contribution in [0.3, 0.4) is 0 Å².